The van der Waals surface area contributed by atoms with Crippen LogP contribution in [0.1, 0.15) is 22.0 Å². The molecule has 1 fully saturated rings. The average molecular weight is 288 g/mol. The van der Waals surface area contributed by atoms with Crippen LogP contribution >= 0.6 is 0 Å². The van der Waals surface area contributed by atoms with Crippen LogP contribution < -0.4 is 5.32 Å². The number of aromatic nitrogens is 2. The van der Waals surface area contributed by atoms with E-state index in [1.807, 2.05) is 6.07 Å². The van der Waals surface area contributed by atoms with Crippen LogP contribution in [-0.2, 0) is 7.05 Å². The maximum absolute atomic E-state index is 13.4. The molecule has 6 heteroatoms. The summed E-state index contributed by atoms with van der Waals surface area (Å²) in [5.74, 6) is -0.356. The number of aryl methyl sites for hydroxylation is 1. The Labute approximate surface area is 122 Å². The monoisotopic (exact) mass is 288 g/mol. The molecule has 0 aliphatic carbocycles. The van der Waals surface area contributed by atoms with Crippen molar-refractivity contribution in [3.63, 3.8) is 0 Å². The largest absolute Gasteiger partial charge is 0.329 e. The molecule has 0 spiro atoms. The van der Waals surface area contributed by atoms with Crippen LogP contribution in [0.25, 0.3) is 0 Å². The van der Waals surface area contributed by atoms with E-state index in [2.05, 4.69) is 10.4 Å². The van der Waals surface area contributed by atoms with Gasteiger partial charge in [-0.2, -0.15) is 5.10 Å². The van der Waals surface area contributed by atoms with Crippen LogP contribution in [-0.4, -0.2) is 40.2 Å². The maximum Gasteiger partial charge on any atom is 0.257 e. The smallest absolute Gasteiger partial charge is 0.257 e. The normalized spacial score (nSPS) is 18.8. The van der Waals surface area contributed by atoms with Crippen LogP contribution in [0.3, 0.4) is 0 Å². The van der Waals surface area contributed by atoms with Gasteiger partial charge in [-0.3, -0.25) is 9.48 Å². The highest BCUT2D eigenvalue weighted by atomic mass is 19.1. The number of nitrogens with one attached hydrogen (secondary N) is 1. The van der Waals surface area contributed by atoms with Crippen molar-refractivity contribution in [3.05, 3.63) is 53.6 Å². The van der Waals surface area contributed by atoms with Gasteiger partial charge in [-0.25, -0.2) is 4.39 Å². The van der Waals surface area contributed by atoms with Crippen molar-refractivity contribution in [3.8, 4) is 0 Å². The van der Waals surface area contributed by atoms with Crippen LogP contribution in [0, 0.1) is 5.82 Å². The Morgan fingerprint density at radius 1 is 1.48 bits per heavy atom. The first kappa shape index (κ1) is 13.8. The van der Waals surface area contributed by atoms with Gasteiger partial charge in [-0.1, -0.05) is 12.1 Å². The molecule has 1 aromatic carbocycles. The standard InChI is InChI=1S/C15H17FN4O/c1-19-10-12(8-18-19)15(21)20-6-5-17-9-14(20)11-3-2-4-13(16)7-11/h2-4,7-8,10,14,17H,5-6,9H2,1H3. The predicted octanol–water partition coefficient (Wildman–Crippen LogP) is 1.35. The molecule has 1 aliphatic rings. The fraction of sp³-hybridized carbons (Fsp3) is 0.333. The molecule has 5 nitrogen and oxygen atoms in total. The zero-order valence-electron chi connectivity index (χ0n) is 11.8. The molecule has 0 saturated carbocycles. The molecule has 3 rings (SSSR count). The van der Waals surface area contributed by atoms with E-state index in [9.17, 15) is 9.18 Å². The lowest BCUT2D eigenvalue weighted by Crippen LogP contribution is -2.48. The summed E-state index contributed by atoms with van der Waals surface area (Å²) in [5, 5.41) is 7.30. The molecule has 110 valence electrons. The van der Waals surface area contributed by atoms with Crippen molar-refractivity contribution in [2.45, 2.75) is 6.04 Å². The maximum atomic E-state index is 13.4. The van der Waals surface area contributed by atoms with E-state index >= 15 is 0 Å². The Hall–Kier alpha value is -2.21. The summed E-state index contributed by atoms with van der Waals surface area (Å²) in [6.07, 6.45) is 3.26. The Balaban J connectivity index is 1.89. The second-order valence-corrected chi connectivity index (χ2v) is 5.18. The first-order valence-electron chi connectivity index (χ1n) is 6.91. The van der Waals surface area contributed by atoms with Gasteiger partial charge in [0.1, 0.15) is 5.82 Å². The lowest BCUT2D eigenvalue weighted by atomic mass is 10.0. The zero-order chi connectivity index (χ0) is 14.8. The van der Waals surface area contributed by atoms with Crippen molar-refractivity contribution in [2.75, 3.05) is 19.6 Å². The lowest BCUT2D eigenvalue weighted by Gasteiger charge is -2.36. The number of halogens is 1. The highest BCUT2D eigenvalue weighted by molar-refractivity contribution is 5.94. The van der Waals surface area contributed by atoms with Crippen molar-refractivity contribution < 1.29 is 9.18 Å². The second-order valence-electron chi connectivity index (χ2n) is 5.18. The van der Waals surface area contributed by atoms with E-state index in [1.54, 1.807) is 35.1 Å². The van der Waals surface area contributed by atoms with Crippen LogP contribution in [0.15, 0.2) is 36.7 Å². The van der Waals surface area contributed by atoms with Crippen LogP contribution in [0.2, 0.25) is 0 Å². The fourth-order valence-electron chi connectivity index (χ4n) is 2.66. The van der Waals surface area contributed by atoms with Gasteiger partial charge in [-0.05, 0) is 17.7 Å². The van der Waals surface area contributed by atoms with E-state index in [0.29, 0.717) is 18.7 Å². The van der Waals surface area contributed by atoms with E-state index < -0.39 is 0 Å². The number of hydrogen-bond acceptors (Lipinski definition) is 3. The summed E-state index contributed by atoms with van der Waals surface area (Å²) in [6, 6.07) is 6.26. The van der Waals surface area contributed by atoms with Crippen molar-refractivity contribution in [2.24, 2.45) is 7.05 Å². The minimum absolute atomic E-state index is 0.0705. The molecule has 21 heavy (non-hydrogen) atoms. The topological polar surface area (TPSA) is 50.2 Å². The number of carbonyl (C=O) groups excluding carboxylic acids is 1. The quantitative estimate of drug-likeness (QED) is 0.907. The summed E-state index contributed by atoms with van der Waals surface area (Å²) in [4.78, 5) is 14.4. The highest BCUT2D eigenvalue weighted by Gasteiger charge is 2.29. The summed E-state index contributed by atoms with van der Waals surface area (Å²) in [7, 11) is 1.78. The first-order chi connectivity index (χ1) is 10.1. The second kappa shape index (κ2) is 5.65. The molecule has 1 amide bonds. The average Bonchev–Trinajstić information content (AvgIpc) is 2.93. The van der Waals surface area contributed by atoms with Crippen molar-refractivity contribution >= 4 is 5.91 Å². The van der Waals surface area contributed by atoms with Gasteiger partial charge in [0.15, 0.2) is 0 Å². The van der Waals surface area contributed by atoms with Gasteiger partial charge < -0.3 is 10.2 Å². The van der Waals surface area contributed by atoms with Gasteiger partial charge in [-0.15, -0.1) is 0 Å². The molecule has 1 saturated heterocycles. The highest BCUT2D eigenvalue weighted by Crippen LogP contribution is 2.24. The molecule has 2 aromatic rings. The van der Waals surface area contributed by atoms with Crippen LogP contribution in [0.4, 0.5) is 4.39 Å². The van der Waals surface area contributed by atoms with E-state index in [4.69, 9.17) is 0 Å². The molecule has 1 aromatic heterocycles. The summed E-state index contributed by atoms with van der Waals surface area (Å²) in [5.41, 5.74) is 1.36. The van der Waals surface area contributed by atoms with E-state index in [0.717, 1.165) is 12.1 Å². The molecule has 0 bridgehead atoms. The molecule has 1 unspecified atom stereocenters. The lowest BCUT2D eigenvalue weighted by molar-refractivity contribution is 0.0634. The predicted molar refractivity (Wildman–Crippen MR) is 76.3 cm³/mol. The fourth-order valence-corrected chi connectivity index (χ4v) is 2.66. The van der Waals surface area contributed by atoms with Gasteiger partial charge in [0.05, 0.1) is 17.8 Å². The summed E-state index contributed by atoms with van der Waals surface area (Å²) >= 11 is 0. The van der Waals surface area contributed by atoms with Crippen molar-refractivity contribution in [1.82, 2.24) is 20.0 Å². The van der Waals surface area contributed by atoms with E-state index in [-0.39, 0.29) is 17.8 Å². The minimum atomic E-state index is -0.285. The molecule has 1 atom stereocenters. The molecule has 2 heterocycles. The summed E-state index contributed by atoms with van der Waals surface area (Å²) in [6.45, 7) is 1.95. The van der Waals surface area contributed by atoms with Gasteiger partial charge >= 0.3 is 0 Å². The molecular weight excluding hydrogens is 271 g/mol. The number of carbonyl (C=O) groups is 1. The third kappa shape index (κ3) is 2.80. The molecular formula is C15H17FN4O. The molecule has 0 radical (unpaired) electrons. The van der Waals surface area contributed by atoms with Gasteiger partial charge in [0.2, 0.25) is 0 Å². The zero-order valence-corrected chi connectivity index (χ0v) is 11.8. The number of benzene rings is 1. The van der Waals surface area contributed by atoms with Crippen LogP contribution in [0.5, 0.6) is 0 Å². The molecule has 1 N–H and O–H groups in total. The third-order valence-electron chi connectivity index (χ3n) is 3.69. The summed E-state index contributed by atoms with van der Waals surface area (Å²) < 4.78 is 15.0. The number of piperazine rings is 1. The number of amides is 1. The number of rotatable bonds is 2. The van der Waals surface area contributed by atoms with Gasteiger partial charge in [0, 0.05) is 32.9 Å². The SMILES string of the molecule is Cn1cc(C(=O)N2CCNCC2c2cccc(F)c2)cn1. The third-order valence-corrected chi connectivity index (χ3v) is 3.69. The molecule has 1 aliphatic heterocycles. The van der Waals surface area contributed by atoms with Crippen molar-refractivity contribution in [1.29, 1.82) is 0 Å². The van der Waals surface area contributed by atoms with Gasteiger partial charge in [0.25, 0.3) is 5.91 Å². The number of hydrogen-bond donors (Lipinski definition) is 1. The Morgan fingerprint density at radius 2 is 2.33 bits per heavy atom. The first-order valence-corrected chi connectivity index (χ1v) is 6.91. The van der Waals surface area contributed by atoms with E-state index in [1.165, 1.54) is 12.1 Å². The minimum Gasteiger partial charge on any atom is -0.329 e. The number of nitrogens with zero attached hydrogens (tertiary/aromatic N) is 3. The Morgan fingerprint density at radius 3 is 3.05 bits per heavy atom. The Kier molecular flexibility index (Phi) is 3.70. The Bertz CT molecular complexity index is 655.